The molecule has 0 spiro atoms. The van der Waals surface area contributed by atoms with Crippen LogP contribution in [0.3, 0.4) is 0 Å². The van der Waals surface area contributed by atoms with Gasteiger partial charge in [-0.2, -0.15) is 15.3 Å². The Kier molecular flexibility index (Phi) is 4.04. The van der Waals surface area contributed by atoms with E-state index in [0.29, 0.717) is 16.8 Å². The highest BCUT2D eigenvalue weighted by Gasteiger charge is 2.18. The third-order valence-corrected chi connectivity index (χ3v) is 4.09. The maximum atomic E-state index is 14.2. The predicted molar refractivity (Wildman–Crippen MR) is 97.6 cm³/mol. The Labute approximate surface area is 157 Å². The van der Waals surface area contributed by atoms with Crippen molar-refractivity contribution >= 4 is 22.7 Å². The molecule has 10 heteroatoms. The molecule has 0 saturated carbocycles. The lowest BCUT2D eigenvalue weighted by molar-refractivity contribution is 0.537. The Bertz CT molecular complexity index is 1240. The first-order valence-electron chi connectivity index (χ1n) is 8.06. The highest BCUT2D eigenvalue weighted by molar-refractivity contribution is 5.90. The Morgan fingerprint density at radius 3 is 2.54 bits per heavy atom. The van der Waals surface area contributed by atoms with Crippen molar-refractivity contribution in [3.63, 3.8) is 0 Å². The molecular formula is C18H12F2N8. The Morgan fingerprint density at radius 2 is 1.82 bits per heavy atom. The van der Waals surface area contributed by atoms with Crippen LogP contribution in [-0.2, 0) is 6.54 Å². The van der Waals surface area contributed by atoms with E-state index in [1.165, 1.54) is 10.9 Å². The summed E-state index contributed by atoms with van der Waals surface area (Å²) in [5, 5.41) is 13.7. The minimum Gasteiger partial charge on any atom is -0.399 e. The zero-order valence-electron chi connectivity index (χ0n) is 14.3. The van der Waals surface area contributed by atoms with Crippen LogP contribution in [0.5, 0.6) is 0 Å². The molecular weight excluding hydrogens is 366 g/mol. The number of pyridine rings is 1. The van der Waals surface area contributed by atoms with E-state index in [4.69, 9.17) is 16.7 Å². The first kappa shape index (κ1) is 17.3. The molecule has 0 amide bonds. The molecule has 4 N–H and O–H groups in total. The average Bonchev–Trinajstić information content (AvgIpc) is 3.06. The number of aromatic nitrogens is 5. The van der Waals surface area contributed by atoms with Crippen LogP contribution in [0.25, 0.3) is 22.4 Å². The number of rotatable bonds is 3. The van der Waals surface area contributed by atoms with E-state index >= 15 is 0 Å². The average molecular weight is 378 g/mol. The lowest BCUT2D eigenvalue weighted by Gasteiger charge is -2.08. The summed E-state index contributed by atoms with van der Waals surface area (Å²) in [6.45, 7) is -0.219. The van der Waals surface area contributed by atoms with Gasteiger partial charge in [0.15, 0.2) is 5.65 Å². The minimum atomic E-state index is -0.785. The summed E-state index contributed by atoms with van der Waals surface area (Å²) in [6.07, 6.45) is 1.46. The quantitative estimate of drug-likeness (QED) is 0.522. The predicted octanol–water partition coefficient (Wildman–Crippen LogP) is 2.25. The number of nitrogen functional groups attached to an aromatic ring is 2. The smallest absolute Gasteiger partial charge is 0.222 e. The molecule has 0 radical (unpaired) electrons. The summed E-state index contributed by atoms with van der Waals surface area (Å²) >= 11 is 0. The monoisotopic (exact) mass is 378 g/mol. The first-order chi connectivity index (χ1) is 13.5. The summed E-state index contributed by atoms with van der Waals surface area (Å²) < 4.78 is 29.6. The van der Waals surface area contributed by atoms with Gasteiger partial charge in [0.2, 0.25) is 5.95 Å². The second-order valence-electron chi connectivity index (χ2n) is 5.95. The van der Waals surface area contributed by atoms with Crippen LogP contribution < -0.4 is 11.5 Å². The molecule has 3 aromatic heterocycles. The van der Waals surface area contributed by atoms with Crippen molar-refractivity contribution in [3.8, 4) is 17.5 Å². The number of fused-ring (bicyclic) bond motifs is 1. The number of hydrogen-bond donors (Lipinski definition) is 2. The molecule has 0 atom stereocenters. The maximum absolute atomic E-state index is 14.2. The van der Waals surface area contributed by atoms with E-state index in [1.807, 2.05) is 6.07 Å². The normalized spacial score (nSPS) is 10.9. The number of nitrogens with two attached hydrogens (primary N) is 2. The Balaban J connectivity index is 1.85. The molecule has 138 valence electrons. The third-order valence-electron chi connectivity index (χ3n) is 4.09. The summed E-state index contributed by atoms with van der Waals surface area (Å²) in [6, 6.07) is 8.91. The van der Waals surface area contributed by atoms with E-state index in [2.05, 4.69) is 20.1 Å². The molecule has 0 bridgehead atoms. The summed E-state index contributed by atoms with van der Waals surface area (Å²) in [4.78, 5) is 12.5. The van der Waals surface area contributed by atoms with Crippen LogP contribution in [0.2, 0.25) is 0 Å². The number of nitrogens with zero attached hydrogens (tertiary/aromatic N) is 6. The van der Waals surface area contributed by atoms with Gasteiger partial charge in [-0.25, -0.2) is 23.4 Å². The van der Waals surface area contributed by atoms with Gasteiger partial charge in [-0.05, 0) is 24.3 Å². The SMILES string of the molecule is N#Cc1cccc(-c2nc(N)nc3c2cnn3Cc2c(F)cc(N)cc2F)n1. The highest BCUT2D eigenvalue weighted by Crippen LogP contribution is 2.26. The zero-order valence-corrected chi connectivity index (χ0v) is 14.3. The first-order valence-corrected chi connectivity index (χ1v) is 8.06. The fourth-order valence-electron chi connectivity index (χ4n) is 2.84. The van der Waals surface area contributed by atoms with Crippen LogP contribution >= 0.6 is 0 Å². The van der Waals surface area contributed by atoms with Crippen molar-refractivity contribution in [2.24, 2.45) is 0 Å². The number of hydrogen-bond acceptors (Lipinski definition) is 7. The molecule has 28 heavy (non-hydrogen) atoms. The van der Waals surface area contributed by atoms with Crippen LogP contribution in [0, 0.1) is 23.0 Å². The maximum Gasteiger partial charge on any atom is 0.222 e. The molecule has 1 aromatic carbocycles. The summed E-state index contributed by atoms with van der Waals surface area (Å²) in [5.41, 5.74) is 12.3. The molecule has 0 aliphatic carbocycles. The Hall–Kier alpha value is -4.13. The number of halogens is 2. The van der Waals surface area contributed by atoms with Crippen molar-refractivity contribution in [3.05, 3.63) is 59.4 Å². The lowest BCUT2D eigenvalue weighted by Crippen LogP contribution is -2.09. The van der Waals surface area contributed by atoms with Crippen molar-refractivity contribution in [2.45, 2.75) is 6.54 Å². The highest BCUT2D eigenvalue weighted by atomic mass is 19.1. The molecule has 3 heterocycles. The fraction of sp³-hybridized carbons (Fsp3) is 0.0556. The van der Waals surface area contributed by atoms with Crippen molar-refractivity contribution in [2.75, 3.05) is 11.5 Å². The van der Waals surface area contributed by atoms with Gasteiger partial charge in [0, 0.05) is 11.3 Å². The molecule has 0 aliphatic heterocycles. The van der Waals surface area contributed by atoms with Crippen LogP contribution in [0.4, 0.5) is 20.4 Å². The van der Waals surface area contributed by atoms with Gasteiger partial charge < -0.3 is 11.5 Å². The molecule has 4 aromatic rings. The van der Waals surface area contributed by atoms with Crippen LogP contribution in [0.15, 0.2) is 36.5 Å². The number of benzene rings is 1. The molecule has 8 nitrogen and oxygen atoms in total. The van der Waals surface area contributed by atoms with Gasteiger partial charge in [-0.15, -0.1) is 0 Å². The van der Waals surface area contributed by atoms with Gasteiger partial charge >= 0.3 is 0 Å². The topological polar surface area (TPSA) is 132 Å². The van der Waals surface area contributed by atoms with E-state index in [9.17, 15) is 8.78 Å². The van der Waals surface area contributed by atoms with Gasteiger partial charge in [-0.3, -0.25) is 0 Å². The van der Waals surface area contributed by atoms with E-state index in [1.54, 1.807) is 18.2 Å². The minimum absolute atomic E-state index is 0.0126. The molecule has 0 saturated heterocycles. The van der Waals surface area contributed by atoms with Crippen LogP contribution in [-0.4, -0.2) is 24.7 Å². The van der Waals surface area contributed by atoms with E-state index in [-0.39, 0.29) is 35.1 Å². The second kappa shape index (κ2) is 6.55. The fourth-order valence-corrected chi connectivity index (χ4v) is 2.84. The van der Waals surface area contributed by atoms with Gasteiger partial charge in [0.25, 0.3) is 0 Å². The van der Waals surface area contributed by atoms with Crippen molar-refractivity contribution in [1.82, 2.24) is 24.7 Å². The Morgan fingerprint density at radius 1 is 1.07 bits per heavy atom. The second-order valence-corrected chi connectivity index (χ2v) is 5.95. The third kappa shape index (κ3) is 2.95. The largest absolute Gasteiger partial charge is 0.399 e. The van der Waals surface area contributed by atoms with E-state index in [0.717, 1.165) is 12.1 Å². The molecule has 0 aliphatic rings. The standard InChI is InChI=1S/C18H12F2N8/c19-13-4-9(22)5-14(20)12(13)8-28-17-11(7-24-28)16(26-18(23)27-17)15-3-1-2-10(6-21)25-15/h1-5,7H,8,22H2,(H2,23,26,27). The van der Waals surface area contributed by atoms with Gasteiger partial charge in [0.05, 0.1) is 23.8 Å². The van der Waals surface area contributed by atoms with Crippen molar-refractivity contribution < 1.29 is 8.78 Å². The van der Waals surface area contributed by atoms with E-state index < -0.39 is 11.6 Å². The van der Waals surface area contributed by atoms with Crippen molar-refractivity contribution in [1.29, 1.82) is 5.26 Å². The van der Waals surface area contributed by atoms with Gasteiger partial charge in [-0.1, -0.05) is 6.07 Å². The van der Waals surface area contributed by atoms with Crippen LogP contribution in [0.1, 0.15) is 11.3 Å². The lowest BCUT2D eigenvalue weighted by atomic mass is 10.1. The molecule has 0 fully saturated rings. The summed E-state index contributed by atoms with van der Waals surface area (Å²) in [7, 11) is 0. The summed E-state index contributed by atoms with van der Waals surface area (Å²) in [5.74, 6) is -1.63. The number of anilines is 2. The molecule has 0 unspecified atom stereocenters. The number of nitriles is 1. The zero-order chi connectivity index (χ0) is 19.8. The van der Waals surface area contributed by atoms with Gasteiger partial charge in [0.1, 0.15) is 29.1 Å². The molecule has 4 rings (SSSR count).